The largest absolute Gasteiger partial charge is 0.313 e. The Hall–Kier alpha value is -0.180. The van der Waals surface area contributed by atoms with E-state index in [1.165, 1.54) is 24.2 Å². The Kier molecular flexibility index (Phi) is 5.22. The van der Waals surface area contributed by atoms with Crippen molar-refractivity contribution in [3.8, 4) is 0 Å². The van der Waals surface area contributed by atoms with E-state index in [1.807, 2.05) is 23.9 Å². The second-order valence-corrected chi connectivity index (χ2v) is 7.69. The van der Waals surface area contributed by atoms with Crippen LogP contribution in [-0.4, -0.2) is 17.8 Å². The van der Waals surface area contributed by atoms with Crippen LogP contribution in [0.25, 0.3) is 0 Å². The van der Waals surface area contributed by atoms with Crippen molar-refractivity contribution < 1.29 is 0 Å². The van der Waals surface area contributed by atoms with Gasteiger partial charge in [-0.15, -0.1) is 11.8 Å². The fraction of sp³-hybridized carbons (Fsp3) is 0.625. The molecule has 0 heterocycles. The number of benzene rings is 1. The Labute approximate surface area is 126 Å². The second-order valence-electron chi connectivity index (χ2n) is 6.00. The molecule has 1 nitrogen and oxygen atoms in total. The van der Waals surface area contributed by atoms with Gasteiger partial charge in [0.2, 0.25) is 0 Å². The van der Waals surface area contributed by atoms with Gasteiger partial charge in [0.05, 0.1) is 5.02 Å². The van der Waals surface area contributed by atoms with Gasteiger partial charge in [-0.05, 0) is 36.9 Å². The molecule has 0 radical (unpaired) electrons. The van der Waals surface area contributed by atoms with Gasteiger partial charge in [-0.3, -0.25) is 0 Å². The fourth-order valence-corrected chi connectivity index (χ4v) is 4.86. The minimum atomic E-state index is 0.368. The predicted molar refractivity (Wildman–Crippen MR) is 86.2 cm³/mol. The van der Waals surface area contributed by atoms with Crippen LogP contribution >= 0.6 is 23.4 Å². The number of hydrogen-bond acceptors (Lipinski definition) is 2. The van der Waals surface area contributed by atoms with Crippen LogP contribution in [0.2, 0.25) is 5.02 Å². The van der Waals surface area contributed by atoms with Crippen molar-refractivity contribution in [1.29, 1.82) is 0 Å². The molecule has 1 aromatic carbocycles. The summed E-state index contributed by atoms with van der Waals surface area (Å²) in [6.07, 6.45) is 3.90. The molecule has 2 atom stereocenters. The lowest BCUT2D eigenvalue weighted by molar-refractivity contribution is 0.176. The summed E-state index contributed by atoms with van der Waals surface area (Å²) < 4.78 is 0. The van der Waals surface area contributed by atoms with Gasteiger partial charge >= 0.3 is 0 Å². The third-order valence-electron chi connectivity index (χ3n) is 4.06. The van der Waals surface area contributed by atoms with Gasteiger partial charge in [0.25, 0.3) is 0 Å². The Bertz CT molecular complexity index is 419. The average Bonchev–Trinajstić information content (AvgIpc) is 2.36. The van der Waals surface area contributed by atoms with Crippen LogP contribution in [0.3, 0.4) is 0 Å². The lowest BCUT2D eigenvalue weighted by Crippen LogP contribution is -2.51. The number of rotatable bonds is 4. The molecule has 1 N–H and O–H groups in total. The summed E-state index contributed by atoms with van der Waals surface area (Å²) in [6, 6.07) is 8.76. The van der Waals surface area contributed by atoms with Gasteiger partial charge < -0.3 is 5.32 Å². The summed E-state index contributed by atoms with van der Waals surface area (Å²) in [5.41, 5.74) is 0.368. The second kappa shape index (κ2) is 6.51. The molecule has 0 aromatic heterocycles. The van der Waals surface area contributed by atoms with E-state index in [0.717, 1.165) is 11.6 Å². The van der Waals surface area contributed by atoms with Crippen LogP contribution in [0.15, 0.2) is 29.2 Å². The summed E-state index contributed by atoms with van der Waals surface area (Å²) in [5.74, 6) is 0. The molecular weight excluding hydrogens is 274 g/mol. The maximum absolute atomic E-state index is 6.30. The summed E-state index contributed by atoms with van der Waals surface area (Å²) in [6.45, 7) is 8.01. The number of nitrogens with one attached hydrogen (secondary N) is 1. The standard InChI is InChI=1S/C16H24ClNS/c1-4-18-15-14(10-7-11-16(15,2)3)19-13-9-6-5-8-12(13)17/h5-6,8-9,14-15,18H,4,7,10-11H2,1-3H3. The zero-order valence-electron chi connectivity index (χ0n) is 12.1. The molecule has 0 bridgehead atoms. The highest BCUT2D eigenvalue weighted by molar-refractivity contribution is 8.00. The summed E-state index contributed by atoms with van der Waals surface area (Å²) >= 11 is 8.25. The third kappa shape index (κ3) is 3.68. The van der Waals surface area contributed by atoms with Crippen molar-refractivity contribution in [2.75, 3.05) is 6.54 Å². The van der Waals surface area contributed by atoms with Crippen molar-refractivity contribution >= 4 is 23.4 Å². The normalized spacial score (nSPS) is 26.3. The zero-order valence-corrected chi connectivity index (χ0v) is 13.7. The predicted octanol–water partition coefficient (Wildman–Crippen LogP) is 4.99. The van der Waals surface area contributed by atoms with Gasteiger partial charge in [-0.25, -0.2) is 0 Å². The molecule has 1 aromatic rings. The van der Waals surface area contributed by atoms with E-state index >= 15 is 0 Å². The van der Waals surface area contributed by atoms with Gasteiger partial charge in [0.15, 0.2) is 0 Å². The van der Waals surface area contributed by atoms with E-state index < -0.39 is 0 Å². The van der Waals surface area contributed by atoms with Crippen LogP contribution in [0.1, 0.15) is 40.0 Å². The lowest BCUT2D eigenvalue weighted by Gasteiger charge is -2.44. The van der Waals surface area contributed by atoms with E-state index in [4.69, 9.17) is 11.6 Å². The molecule has 0 amide bonds. The van der Waals surface area contributed by atoms with Gasteiger partial charge in [0.1, 0.15) is 0 Å². The topological polar surface area (TPSA) is 12.0 Å². The van der Waals surface area contributed by atoms with Crippen LogP contribution in [-0.2, 0) is 0 Å². The Morgan fingerprint density at radius 1 is 1.37 bits per heavy atom. The molecule has 2 rings (SSSR count). The van der Waals surface area contributed by atoms with Crippen molar-refractivity contribution in [3.63, 3.8) is 0 Å². The van der Waals surface area contributed by atoms with Gasteiger partial charge in [-0.1, -0.05) is 50.9 Å². The fourth-order valence-electron chi connectivity index (χ4n) is 3.04. The van der Waals surface area contributed by atoms with E-state index in [0.29, 0.717) is 16.7 Å². The molecular formula is C16H24ClNS. The first-order chi connectivity index (χ1) is 9.04. The molecule has 1 fully saturated rings. The van der Waals surface area contributed by atoms with E-state index in [9.17, 15) is 0 Å². The molecule has 0 spiro atoms. The van der Waals surface area contributed by atoms with Crippen molar-refractivity contribution in [1.82, 2.24) is 5.32 Å². The highest BCUT2D eigenvalue weighted by atomic mass is 35.5. The quantitative estimate of drug-likeness (QED) is 0.840. The van der Waals surface area contributed by atoms with E-state index in [1.54, 1.807) is 0 Å². The van der Waals surface area contributed by atoms with E-state index in [2.05, 4.69) is 38.2 Å². The van der Waals surface area contributed by atoms with E-state index in [-0.39, 0.29) is 0 Å². The Morgan fingerprint density at radius 3 is 2.79 bits per heavy atom. The highest BCUT2D eigenvalue weighted by Crippen LogP contribution is 2.44. The van der Waals surface area contributed by atoms with Gasteiger partial charge in [-0.2, -0.15) is 0 Å². The molecule has 0 aliphatic heterocycles. The smallest absolute Gasteiger partial charge is 0.0541 e. The molecule has 2 unspecified atom stereocenters. The Balaban J connectivity index is 2.15. The summed E-state index contributed by atoms with van der Waals surface area (Å²) in [7, 11) is 0. The molecule has 1 aliphatic rings. The molecule has 1 saturated carbocycles. The van der Waals surface area contributed by atoms with Crippen LogP contribution in [0.4, 0.5) is 0 Å². The average molecular weight is 298 g/mol. The van der Waals surface area contributed by atoms with Crippen LogP contribution < -0.4 is 5.32 Å². The number of hydrogen-bond donors (Lipinski definition) is 1. The molecule has 106 valence electrons. The van der Waals surface area contributed by atoms with Crippen molar-refractivity contribution in [2.24, 2.45) is 5.41 Å². The third-order valence-corrected chi connectivity index (χ3v) is 5.92. The maximum atomic E-state index is 6.30. The summed E-state index contributed by atoms with van der Waals surface area (Å²) in [5, 5.41) is 5.20. The monoisotopic (exact) mass is 297 g/mol. The van der Waals surface area contributed by atoms with Gasteiger partial charge in [0, 0.05) is 16.2 Å². The number of halogens is 1. The maximum Gasteiger partial charge on any atom is 0.0541 e. The first-order valence-corrected chi connectivity index (χ1v) is 8.45. The SMILES string of the molecule is CCNC1C(Sc2ccccc2Cl)CCCC1(C)C. The molecule has 19 heavy (non-hydrogen) atoms. The molecule has 1 aliphatic carbocycles. The minimum absolute atomic E-state index is 0.368. The van der Waals surface area contributed by atoms with Crippen LogP contribution in [0.5, 0.6) is 0 Å². The minimum Gasteiger partial charge on any atom is -0.313 e. The summed E-state index contributed by atoms with van der Waals surface area (Å²) in [4.78, 5) is 1.22. The lowest BCUT2D eigenvalue weighted by atomic mass is 9.73. The van der Waals surface area contributed by atoms with Crippen molar-refractivity contribution in [3.05, 3.63) is 29.3 Å². The number of thioether (sulfide) groups is 1. The first-order valence-electron chi connectivity index (χ1n) is 7.19. The van der Waals surface area contributed by atoms with Crippen molar-refractivity contribution in [2.45, 2.75) is 56.2 Å². The van der Waals surface area contributed by atoms with Crippen LogP contribution in [0, 0.1) is 5.41 Å². The molecule has 0 saturated heterocycles. The molecule has 3 heteroatoms. The Morgan fingerprint density at radius 2 is 2.11 bits per heavy atom. The first kappa shape index (κ1) is 15.2. The highest BCUT2D eigenvalue weighted by Gasteiger charge is 2.38. The zero-order chi connectivity index (χ0) is 13.9.